The number of hydrogen-bond acceptors (Lipinski definition) is 5. The fourth-order valence-electron chi connectivity index (χ4n) is 1.70. The van der Waals surface area contributed by atoms with Gasteiger partial charge in [0.15, 0.2) is 0 Å². The monoisotopic (exact) mass is 252 g/mol. The van der Waals surface area contributed by atoms with Gasteiger partial charge < -0.3 is 10.6 Å². The summed E-state index contributed by atoms with van der Waals surface area (Å²) in [5.41, 5.74) is 6.28. The standard InChI is InChI=1S/C12H20N4O2/c1-9-6-14-11(5-10(9)16(17)18)15(4)8-12(2,3)7-13/h5-6H,7-8,13H2,1-4H3. The molecule has 0 fully saturated rings. The van der Waals surface area contributed by atoms with Crippen molar-refractivity contribution in [3.05, 3.63) is 27.9 Å². The molecule has 0 aliphatic heterocycles. The Kier molecular flexibility index (Phi) is 4.24. The van der Waals surface area contributed by atoms with Crippen LogP contribution in [0.3, 0.4) is 0 Å². The maximum atomic E-state index is 10.9. The van der Waals surface area contributed by atoms with Crippen molar-refractivity contribution in [2.75, 3.05) is 25.0 Å². The highest BCUT2D eigenvalue weighted by atomic mass is 16.6. The summed E-state index contributed by atoms with van der Waals surface area (Å²) in [5.74, 6) is 0.592. The van der Waals surface area contributed by atoms with Gasteiger partial charge >= 0.3 is 0 Å². The number of aromatic nitrogens is 1. The first kappa shape index (κ1) is 14.4. The molecule has 2 N–H and O–H groups in total. The first-order valence-electron chi connectivity index (χ1n) is 5.79. The molecule has 1 rings (SSSR count). The van der Waals surface area contributed by atoms with E-state index in [-0.39, 0.29) is 16.0 Å². The van der Waals surface area contributed by atoms with Crippen LogP contribution in [0.1, 0.15) is 19.4 Å². The number of aryl methyl sites for hydroxylation is 1. The predicted octanol–water partition coefficient (Wildman–Crippen LogP) is 1.72. The molecule has 0 saturated heterocycles. The highest BCUT2D eigenvalue weighted by molar-refractivity contribution is 5.50. The van der Waals surface area contributed by atoms with E-state index in [0.29, 0.717) is 24.5 Å². The van der Waals surface area contributed by atoms with Crippen molar-refractivity contribution in [1.29, 1.82) is 0 Å². The lowest BCUT2D eigenvalue weighted by Crippen LogP contribution is -2.37. The normalized spacial score (nSPS) is 11.4. The van der Waals surface area contributed by atoms with E-state index in [1.54, 1.807) is 6.92 Å². The van der Waals surface area contributed by atoms with Gasteiger partial charge in [0.2, 0.25) is 0 Å². The van der Waals surface area contributed by atoms with Gasteiger partial charge in [-0.05, 0) is 18.9 Å². The van der Waals surface area contributed by atoms with Gasteiger partial charge in [0.1, 0.15) is 5.82 Å². The molecule has 0 aromatic carbocycles. The van der Waals surface area contributed by atoms with E-state index in [1.807, 2.05) is 25.8 Å². The lowest BCUT2D eigenvalue weighted by molar-refractivity contribution is -0.385. The lowest BCUT2D eigenvalue weighted by atomic mass is 9.93. The smallest absolute Gasteiger partial charge is 0.277 e. The Morgan fingerprint density at radius 2 is 2.17 bits per heavy atom. The van der Waals surface area contributed by atoms with Crippen molar-refractivity contribution in [3.63, 3.8) is 0 Å². The van der Waals surface area contributed by atoms with Crippen LogP contribution in [0.5, 0.6) is 0 Å². The second kappa shape index (κ2) is 5.30. The average Bonchev–Trinajstić information content (AvgIpc) is 2.28. The number of anilines is 1. The fraction of sp³-hybridized carbons (Fsp3) is 0.583. The van der Waals surface area contributed by atoms with E-state index in [2.05, 4.69) is 4.98 Å². The van der Waals surface area contributed by atoms with Crippen LogP contribution in [0, 0.1) is 22.5 Å². The topological polar surface area (TPSA) is 85.3 Å². The summed E-state index contributed by atoms with van der Waals surface area (Å²) in [6.45, 7) is 7.01. The second-order valence-electron chi connectivity index (χ2n) is 5.31. The molecule has 0 saturated carbocycles. The Bertz CT molecular complexity index is 446. The molecular weight excluding hydrogens is 232 g/mol. The van der Waals surface area contributed by atoms with E-state index in [0.717, 1.165) is 0 Å². The number of rotatable bonds is 5. The van der Waals surface area contributed by atoms with Gasteiger partial charge in [-0.15, -0.1) is 0 Å². The van der Waals surface area contributed by atoms with Gasteiger partial charge in [0, 0.05) is 25.4 Å². The maximum absolute atomic E-state index is 10.9. The molecule has 0 aliphatic rings. The third kappa shape index (κ3) is 3.40. The summed E-state index contributed by atoms with van der Waals surface area (Å²) in [7, 11) is 1.86. The minimum atomic E-state index is -0.386. The Morgan fingerprint density at radius 1 is 1.56 bits per heavy atom. The largest absolute Gasteiger partial charge is 0.359 e. The molecule has 0 radical (unpaired) electrons. The molecule has 6 nitrogen and oxygen atoms in total. The van der Waals surface area contributed by atoms with Crippen LogP contribution in [-0.4, -0.2) is 30.0 Å². The van der Waals surface area contributed by atoms with Gasteiger partial charge in [-0.2, -0.15) is 0 Å². The van der Waals surface area contributed by atoms with Crippen LogP contribution in [0.4, 0.5) is 11.5 Å². The van der Waals surface area contributed by atoms with Crippen LogP contribution < -0.4 is 10.6 Å². The number of nitrogens with two attached hydrogens (primary N) is 1. The van der Waals surface area contributed by atoms with Crippen molar-refractivity contribution < 1.29 is 4.92 Å². The number of pyridine rings is 1. The van der Waals surface area contributed by atoms with Gasteiger partial charge in [-0.1, -0.05) is 13.8 Å². The number of nitro groups is 1. The highest BCUT2D eigenvalue weighted by Gasteiger charge is 2.20. The molecule has 100 valence electrons. The molecule has 18 heavy (non-hydrogen) atoms. The third-order valence-electron chi connectivity index (χ3n) is 2.87. The van der Waals surface area contributed by atoms with Crippen LogP contribution in [0.2, 0.25) is 0 Å². The van der Waals surface area contributed by atoms with Crippen LogP contribution >= 0.6 is 0 Å². The van der Waals surface area contributed by atoms with Crippen molar-refractivity contribution in [2.24, 2.45) is 11.1 Å². The summed E-state index contributed by atoms with van der Waals surface area (Å²) >= 11 is 0. The lowest BCUT2D eigenvalue weighted by Gasteiger charge is -2.29. The minimum absolute atomic E-state index is 0.0594. The summed E-state index contributed by atoms with van der Waals surface area (Å²) in [6, 6.07) is 1.50. The first-order chi connectivity index (χ1) is 8.26. The predicted molar refractivity (Wildman–Crippen MR) is 71.7 cm³/mol. The van der Waals surface area contributed by atoms with Crippen molar-refractivity contribution in [1.82, 2.24) is 4.98 Å². The Morgan fingerprint density at radius 3 is 2.67 bits per heavy atom. The first-order valence-corrected chi connectivity index (χ1v) is 5.79. The number of hydrogen-bond donors (Lipinski definition) is 1. The van der Waals surface area contributed by atoms with Crippen molar-refractivity contribution >= 4 is 11.5 Å². The molecule has 1 aromatic heterocycles. The average molecular weight is 252 g/mol. The van der Waals surface area contributed by atoms with Gasteiger partial charge in [0.25, 0.3) is 5.69 Å². The summed E-state index contributed by atoms with van der Waals surface area (Å²) in [4.78, 5) is 16.6. The van der Waals surface area contributed by atoms with E-state index in [9.17, 15) is 10.1 Å². The maximum Gasteiger partial charge on any atom is 0.277 e. The Labute approximate surface area is 107 Å². The van der Waals surface area contributed by atoms with Crippen LogP contribution in [0.25, 0.3) is 0 Å². The van der Waals surface area contributed by atoms with E-state index in [1.165, 1.54) is 12.3 Å². The van der Waals surface area contributed by atoms with Gasteiger partial charge in [0.05, 0.1) is 11.0 Å². The molecule has 6 heteroatoms. The number of nitrogens with zero attached hydrogens (tertiary/aromatic N) is 3. The highest BCUT2D eigenvalue weighted by Crippen LogP contribution is 2.24. The summed E-state index contributed by atoms with van der Waals surface area (Å²) in [6.07, 6.45) is 1.53. The summed E-state index contributed by atoms with van der Waals surface area (Å²) < 4.78 is 0. The molecule has 0 bridgehead atoms. The SMILES string of the molecule is Cc1cnc(N(C)CC(C)(C)CN)cc1[N+](=O)[O-]. The zero-order valence-electron chi connectivity index (χ0n) is 11.3. The van der Waals surface area contributed by atoms with E-state index in [4.69, 9.17) is 5.73 Å². The molecule has 0 unspecified atom stereocenters. The molecule has 0 spiro atoms. The van der Waals surface area contributed by atoms with E-state index < -0.39 is 0 Å². The summed E-state index contributed by atoms with van der Waals surface area (Å²) in [5, 5.41) is 10.9. The second-order valence-corrected chi connectivity index (χ2v) is 5.31. The zero-order chi connectivity index (χ0) is 13.9. The quantitative estimate of drug-likeness (QED) is 0.637. The molecule has 0 atom stereocenters. The Balaban J connectivity index is 2.97. The minimum Gasteiger partial charge on any atom is -0.359 e. The third-order valence-corrected chi connectivity index (χ3v) is 2.87. The fourth-order valence-corrected chi connectivity index (χ4v) is 1.70. The van der Waals surface area contributed by atoms with Gasteiger partial charge in [-0.25, -0.2) is 4.98 Å². The zero-order valence-corrected chi connectivity index (χ0v) is 11.3. The molecule has 1 aromatic rings. The molecular formula is C12H20N4O2. The van der Waals surface area contributed by atoms with Crippen molar-refractivity contribution in [3.8, 4) is 0 Å². The van der Waals surface area contributed by atoms with Crippen LogP contribution in [0.15, 0.2) is 12.3 Å². The van der Waals surface area contributed by atoms with E-state index >= 15 is 0 Å². The van der Waals surface area contributed by atoms with Crippen molar-refractivity contribution in [2.45, 2.75) is 20.8 Å². The Hall–Kier alpha value is -1.69. The van der Waals surface area contributed by atoms with Gasteiger partial charge in [-0.3, -0.25) is 10.1 Å². The molecule has 0 aliphatic carbocycles. The molecule has 1 heterocycles. The molecule has 0 amide bonds. The van der Waals surface area contributed by atoms with Crippen LogP contribution in [-0.2, 0) is 0 Å².